The quantitative estimate of drug-likeness (QED) is 0.520. The average Bonchev–Trinajstić information content (AvgIpc) is 2.22. The van der Waals surface area contributed by atoms with Gasteiger partial charge in [0.1, 0.15) is 0 Å². The number of rotatable bonds is 1. The summed E-state index contributed by atoms with van der Waals surface area (Å²) >= 11 is 0. The topological polar surface area (TPSA) is 78.2 Å². The highest BCUT2D eigenvalue weighted by molar-refractivity contribution is 7.86. The van der Waals surface area contributed by atoms with Gasteiger partial charge in [-0.2, -0.15) is 13.7 Å². The lowest BCUT2D eigenvalue weighted by molar-refractivity contribution is -0.891. The minimum atomic E-state index is -4.00. The molecule has 1 rings (SSSR count). The Labute approximate surface area is 90.6 Å². The fourth-order valence-corrected chi connectivity index (χ4v) is 2.93. The van der Waals surface area contributed by atoms with Crippen LogP contribution in [0.1, 0.15) is 12.8 Å². The molecule has 1 N–H and O–H groups in total. The van der Waals surface area contributed by atoms with Gasteiger partial charge in [0.2, 0.25) is 0 Å². The third kappa shape index (κ3) is 3.45. The molecule has 15 heavy (non-hydrogen) atoms. The lowest BCUT2D eigenvalue weighted by Crippen LogP contribution is -2.42. The maximum Gasteiger partial charge on any atom is 0.268 e. The van der Waals surface area contributed by atoms with Gasteiger partial charge in [-0.15, -0.1) is 0 Å². The van der Waals surface area contributed by atoms with Gasteiger partial charge in [-0.25, -0.2) is 0 Å². The Morgan fingerprint density at radius 3 is 2.53 bits per heavy atom. The molecular weight excluding hydrogens is 216 g/mol. The van der Waals surface area contributed by atoms with Gasteiger partial charge in [-0.3, -0.25) is 4.55 Å². The van der Waals surface area contributed by atoms with Crippen LogP contribution >= 0.6 is 0 Å². The smallest absolute Gasteiger partial charge is 0.268 e. The van der Waals surface area contributed by atoms with E-state index in [9.17, 15) is 8.42 Å². The van der Waals surface area contributed by atoms with Crippen molar-refractivity contribution >= 4 is 10.1 Å². The molecule has 0 radical (unpaired) electrons. The molecule has 1 heterocycles. The maximum atomic E-state index is 11.1. The van der Waals surface area contributed by atoms with Crippen LogP contribution in [0.25, 0.3) is 0 Å². The molecule has 0 aliphatic carbocycles. The molecule has 1 saturated heterocycles. The molecule has 0 bridgehead atoms. The summed E-state index contributed by atoms with van der Waals surface area (Å²) in [6, 6.07) is 2.11. The first-order valence-corrected chi connectivity index (χ1v) is 6.43. The zero-order valence-corrected chi connectivity index (χ0v) is 9.87. The van der Waals surface area contributed by atoms with Gasteiger partial charge >= 0.3 is 0 Å². The van der Waals surface area contributed by atoms with Gasteiger partial charge in [0.05, 0.1) is 44.4 Å². The Morgan fingerprint density at radius 2 is 2.07 bits per heavy atom. The van der Waals surface area contributed by atoms with Crippen molar-refractivity contribution in [2.75, 3.05) is 27.2 Å². The molecule has 5 nitrogen and oxygen atoms in total. The molecule has 86 valence electrons. The summed E-state index contributed by atoms with van der Waals surface area (Å²) in [7, 11) is -0.0656. The van der Waals surface area contributed by atoms with Crippen LogP contribution in [0.4, 0.5) is 0 Å². The summed E-state index contributed by atoms with van der Waals surface area (Å²) in [4.78, 5) is 0. The van der Waals surface area contributed by atoms with Crippen LogP contribution in [0.5, 0.6) is 0 Å². The molecule has 6 heteroatoms. The number of nitrogens with zero attached hydrogens (tertiary/aromatic N) is 2. The zero-order valence-electron chi connectivity index (χ0n) is 9.05. The summed E-state index contributed by atoms with van der Waals surface area (Å²) < 4.78 is 31.7. The zero-order chi connectivity index (χ0) is 11.7. The van der Waals surface area contributed by atoms with Crippen molar-refractivity contribution in [3.8, 4) is 6.07 Å². The first-order valence-electron chi connectivity index (χ1n) is 4.92. The van der Waals surface area contributed by atoms with Gasteiger partial charge in [0.15, 0.2) is 0 Å². The molecule has 0 unspecified atom stereocenters. The second kappa shape index (κ2) is 4.08. The standard InChI is InChI=1S/C9H16N2O3S/c1-11(2)4-3-9(15(12,13)14)5-8(6-10)7-11/h8-9H,3-5,7H2,1-2H3/p+1/t8-,9+/m0/s1. The summed E-state index contributed by atoms with van der Waals surface area (Å²) in [6.45, 7) is 1.31. The maximum absolute atomic E-state index is 11.1. The Morgan fingerprint density at radius 1 is 1.47 bits per heavy atom. The number of hydrogen-bond acceptors (Lipinski definition) is 3. The normalized spacial score (nSPS) is 31.6. The van der Waals surface area contributed by atoms with Gasteiger partial charge in [0.25, 0.3) is 10.1 Å². The van der Waals surface area contributed by atoms with Crippen LogP contribution in [0.2, 0.25) is 0 Å². The number of nitriles is 1. The van der Waals surface area contributed by atoms with Gasteiger partial charge in [0, 0.05) is 6.42 Å². The van der Waals surface area contributed by atoms with E-state index in [4.69, 9.17) is 9.81 Å². The number of hydrogen-bond donors (Lipinski definition) is 1. The minimum absolute atomic E-state index is 0.247. The molecule has 0 amide bonds. The molecule has 1 aliphatic heterocycles. The highest BCUT2D eigenvalue weighted by atomic mass is 32.2. The van der Waals surface area contributed by atoms with Crippen molar-refractivity contribution in [2.24, 2.45) is 5.92 Å². The van der Waals surface area contributed by atoms with E-state index in [2.05, 4.69) is 6.07 Å². The molecule has 2 atom stereocenters. The van der Waals surface area contributed by atoms with Crippen molar-refractivity contribution in [2.45, 2.75) is 18.1 Å². The van der Waals surface area contributed by atoms with E-state index >= 15 is 0 Å². The third-order valence-corrected chi connectivity index (χ3v) is 4.19. The largest absolute Gasteiger partial charge is 0.327 e. The molecule has 1 aliphatic rings. The first kappa shape index (κ1) is 12.4. The Hall–Kier alpha value is -0.640. The molecule has 0 saturated carbocycles. The minimum Gasteiger partial charge on any atom is -0.327 e. The van der Waals surface area contributed by atoms with Crippen LogP contribution in [0, 0.1) is 17.2 Å². The number of likely N-dealkylation sites (tertiary alicyclic amines) is 1. The molecule has 1 fully saturated rings. The van der Waals surface area contributed by atoms with Crippen molar-refractivity contribution < 1.29 is 17.5 Å². The van der Waals surface area contributed by atoms with Gasteiger partial charge < -0.3 is 4.48 Å². The summed E-state index contributed by atoms with van der Waals surface area (Å²) in [6.07, 6.45) is 0.668. The Bertz CT molecular complexity index is 369. The van der Waals surface area contributed by atoms with Crippen molar-refractivity contribution in [3.63, 3.8) is 0 Å². The van der Waals surface area contributed by atoms with Crippen LogP contribution in [-0.4, -0.2) is 49.9 Å². The van der Waals surface area contributed by atoms with E-state index in [0.717, 1.165) is 0 Å². The molecule has 0 aromatic carbocycles. The first-order chi connectivity index (χ1) is 6.74. The summed E-state index contributed by atoms with van der Waals surface area (Å²) in [5.74, 6) is -0.297. The monoisotopic (exact) mass is 233 g/mol. The lowest BCUT2D eigenvalue weighted by atomic mass is 10.1. The molecule has 0 spiro atoms. The highest BCUT2D eigenvalue weighted by Gasteiger charge is 2.35. The van der Waals surface area contributed by atoms with Crippen LogP contribution in [0.3, 0.4) is 0 Å². The second-order valence-corrected chi connectivity index (χ2v) is 6.53. The van der Waals surface area contributed by atoms with E-state index in [-0.39, 0.29) is 12.3 Å². The molecule has 0 aromatic rings. The molecule has 0 aromatic heterocycles. The Kier molecular flexibility index (Phi) is 3.38. The predicted molar refractivity (Wildman–Crippen MR) is 55.5 cm³/mol. The fraction of sp³-hybridized carbons (Fsp3) is 0.889. The van der Waals surface area contributed by atoms with E-state index in [1.807, 2.05) is 14.1 Å². The SMILES string of the molecule is C[N+]1(C)CC[C@@H](S(=O)(=O)O)C[C@@H](C#N)C1. The third-order valence-electron chi connectivity index (χ3n) is 2.92. The average molecular weight is 233 g/mol. The number of quaternary nitrogens is 1. The van der Waals surface area contributed by atoms with Crippen LogP contribution < -0.4 is 0 Å². The summed E-state index contributed by atoms with van der Waals surface area (Å²) in [5, 5.41) is 8.12. The molecular formula is C9H17N2O3S+. The van der Waals surface area contributed by atoms with Crippen molar-refractivity contribution in [3.05, 3.63) is 0 Å². The predicted octanol–water partition coefficient (Wildman–Crippen LogP) is 0.253. The highest BCUT2D eigenvalue weighted by Crippen LogP contribution is 2.23. The van der Waals surface area contributed by atoms with Gasteiger partial charge in [-0.05, 0) is 6.42 Å². The van der Waals surface area contributed by atoms with Crippen molar-refractivity contribution in [1.29, 1.82) is 5.26 Å². The van der Waals surface area contributed by atoms with E-state index < -0.39 is 15.4 Å². The van der Waals surface area contributed by atoms with Crippen LogP contribution in [0.15, 0.2) is 0 Å². The second-order valence-electron chi connectivity index (χ2n) is 4.83. The van der Waals surface area contributed by atoms with Crippen molar-refractivity contribution in [1.82, 2.24) is 0 Å². The van der Waals surface area contributed by atoms with E-state index in [0.29, 0.717) is 24.0 Å². The lowest BCUT2D eigenvalue weighted by Gasteiger charge is -2.28. The Balaban J connectivity index is 2.88. The van der Waals surface area contributed by atoms with Gasteiger partial charge in [-0.1, -0.05) is 0 Å². The fourth-order valence-electron chi connectivity index (χ4n) is 2.06. The van der Waals surface area contributed by atoms with Crippen LogP contribution in [-0.2, 0) is 10.1 Å². The summed E-state index contributed by atoms with van der Waals surface area (Å²) in [5.41, 5.74) is 0. The van der Waals surface area contributed by atoms with E-state index in [1.54, 1.807) is 0 Å². The van der Waals surface area contributed by atoms with E-state index in [1.165, 1.54) is 0 Å².